The van der Waals surface area contributed by atoms with Crippen molar-refractivity contribution in [3.63, 3.8) is 0 Å². The molecule has 0 bridgehead atoms. The first kappa shape index (κ1) is 20.7. The molecule has 1 aliphatic heterocycles. The van der Waals surface area contributed by atoms with Crippen LogP contribution in [0.25, 0.3) is 0 Å². The van der Waals surface area contributed by atoms with E-state index in [0.29, 0.717) is 13.0 Å². The third kappa shape index (κ3) is 4.77. The van der Waals surface area contributed by atoms with Gasteiger partial charge in [-0.3, -0.25) is 9.59 Å². The van der Waals surface area contributed by atoms with Gasteiger partial charge in [-0.25, -0.2) is 0 Å². The molecule has 2 fully saturated rings. The van der Waals surface area contributed by atoms with Crippen molar-refractivity contribution in [3.8, 4) is 0 Å². The van der Waals surface area contributed by atoms with Crippen molar-refractivity contribution in [2.45, 2.75) is 32.6 Å². The Morgan fingerprint density at radius 2 is 2.08 bits per heavy atom. The summed E-state index contributed by atoms with van der Waals surface area (Å²) in [5.41, 5.74) is 2.47. The molecule has 2 unspecified atom stereocenters. The zero-order valence-corrected chi connectivity index (χ0v) is 16.4. The number of halogens is 1. The summed E-state index contributed by atoms with van der Waals surface area (Å²) in [6.45, 7) is 4.37. The van der Waals surface area contributed by atoms with Crippen molar-refractivity contribution < 1.29 is 14.3 Å². The average Bonchev–Trinajstić information content (AvgIpc) is 3.31. The van der Waals surface area contributed by atoms with Crippen molar-refractivity contribution in [2.24, 2.45) is 17.3 Å². The van der Waals surface area contributed by atoms with E-state index in [2.05, 4.69) is 16.7 Å². The molecule has 1 aromatic carbocycles. The number of methoxy groups -OCH3 is 1. The highest BCUT2D eigenvalue weighted by molar-refractivity contribution is 5.85. The maximum Gasteiger partial charge on any atom is 0.310 e. The highest BCUT2D eigenvalue weighted by atomic mass is 35.5. The van der Waals surface area contributed by atoms with Crippen molar-refractivity contribution in [3.05, 3.63) is 35.4 Å². The number of carbonyl (C=O) groups is 2. The van der Waals surface area contributed by atoms with Crippen molar-refractivity contribution in [1.82, 2.24) is 10.6 Å². The van der Waals surface area contributed by atoms with Gasteiger partial charge in [-0.2, -0.15) is 0 Å². The summed E-state index contributed by atoms with van der Waals surface area (Å²) in [7, 11) is 1.40. The second-order valence-corrected chi connectivity index (χ2v) is 7.53. The Balaban J connectivity index is 0.00000243. The summed E-state index contributed by atoms with van der Waals surface area (Å²) in [4.78, 5) is 24.6. The van der Waals surface area contributed by atoms with Crippen LogP contribution in [0.15, 0.2) is 24.3 Å². The van der Waals surface area contributed by atoms with Gasteiger partial charge in [0.05, 0.1) is 13.0 Å². The van der Waals surface area contributed by atoms with Gasteiger partial charge in [0.15, 0.2) is 0 Å². The third-order valence-electron chi connectivity index (χ3n) is 5.73. The lowest BCUT2D eigenvalue weighted by Gasteiger charge is -2.23. The van der Waals surface area contributed by atoms with Crippen molar-refractivity contribution in [1.29, 1.82) is 0 Å². The van der Waals surface area contributed by atoms with Gasteiger partial charge >= 0.3 is 5.97 Å². The molecule has 0 radical (unpaired) electrons. The van der Waals surface area contributed by atoms with Crippen LogP contribution in [0.5, 0.6) is 0 Å². The molecule has 1 heterocycles. The predicted octanol–water partition coefficient (Wildman–Crippen LogP) is 2.25. The quantitative estimate of drug-likeness (QED) is 0.743. The molecule has 6 heteroatoms. The fourth-order valence-corrected chi connectivity index (χ4v) is 4.07. The first-order chi connectivity index (χ1) is 12.0. The molecule has 1 saturated heterocycles. The van der Waals surface area contributed by atoms with Crippen LogP contribution in [0.3, 0.4) is 0 Å². The van der Waals surface area contributed by atoms with Gasteiger partial charge in [0, 0.05) is 12.5 Å². The molecule has 1 saturated carbocycles. The number of hydrogen-bond donors (Lipinski definition) is 2. The van der Waals surface area contributed by atoms with Gasteiger partial charge < -0.3 is 15.4 Å². The molecular formula is C20H29ClN2O3. The normalized spacial score (nSPS) is 21.4. The molecular weight excluding hydrogens is 352 g/mol. The van der Waals surface area contributed by atoms with Crippen LogP contribution in [0.4, 0.5) is 0 Å². The number of piperidine rings is 1. The van der Waals surface area contributed by atoms with Gasteiger partial charge in [-0.05, 0) is 56.7 Å². The van der Waals surface area contributed by atoms with E-state index in [9.17, 15) is 9.59 Å². The van der Waals surface area contributed by atoms with Gasteiger partial charge in [-0.15, -0.1) is 12.4 Å². The van der Waals surface area contributed by atoms with E-state index >= 15 is 0 Å². The summed E-state index contributed by atoms with van der Waals surface area (Å²) < 4.78 is 4.93. The minimum absolute atomic E-state index is 0. The third-order valence-corrected chi connectivity index (χ3v) is 5.73. The molecule has 3 rings (SSSR count). The minimum atomic E-state index is -0.349. The SMILES string of the molecule is COC(=O)C(CNC(=O)C1CC12CCNCC2)Cc1cccc(C)c1.Cl. The van der Waals surface area contributed by atoms with E-state index in [1.54, 1.807) is 0 Å². The Labute approximate surface area is 161 Å². The summed E-state index contributed by atoms with van der Waals surface area (Å²) in [6.07, 6.45) is 3.72. The number of ether oxygens (including phenoxy) is 1. The Morgan fingerprint density at radius 3 is 2.73 bits per heavy atom. The maximum absolute atomic E-state index is 12.5. The molecule has 26 heavy (non-hydrogen) atoms. The fraction of sp³-hybridized carbons (Fsp3) is 0.600. The molecule has 1 spiro atoms. The summed E-state index contributed by atoms with van der Waals surface area (Å²) in [5, 5.41) is 6.36. The number of esters is 1. The van der Waals surface area contributed by atoms with Gasteiger partial charge in [0.2, 0.25) is 5.91 Å². The Hall–Kier alpha value is -1.59. The second-order valence-electron chi connectivity index (χ2n) is 7.53. The van der Waals surface area contributed by atoms with Gasteiger partial charge in [0.1, 0.15) is 0 Å². The van der Waals surface area contributed by atoms with Crippen LogP contribution in [-0.2, 0) is 20.7 Å². The highest BCUT2D eigenvalue weighted by Gasteiger charge is 2.57. The van der Waals surface area contributed by atoms with E-state index in [0.717, 1.165) is 43.5 Å². The fourth-order valence-electron chi connectivity index (χ4n) is 4.07. The van der Waals surface area contributed by atoms with Crippen LogP contribution < -0.4 is 10.6 Å². The maximum atomic E-state index is 12.5. The molecule has 1 aliphatic carbocycles. The van der Waals surface area contributed by atoms with E-state index in [-0.39, 0.29) is 41.5 Å². The lowest BCUT2D eigenvalue weighted by Crippen LogP contribution is -2.38. The minimum Gasteiger partial charge on any atom is -0.469 e. The van der Waals surface area contributed by atoms with Crippen LogP contribution in [0, 0.1) is 24.2 Å². The van der Waals surface area contributed by atoms with E-state index < -0.39 is 0 Å². The largest absolute Gasteiger partial charge is 0.469 e. The molecule has 2 atom stereocenters. The zero-order chi connectivity index (χ0) is 17.9. The lowest BCUT2D eigenvalue weighted by molar-refractivity contribution is -0.145. The van der Waals surface area contributed by atoms with E-state index in [4.69, 9.17) is 4.74 Å². The first-order valence-corrected chi connectivity index (χ1v) is 9.16. The number of amides is 1. The number of benzene rings is 1. The Kier molecular flexibility index (Phi) is 7.07. The number of nitrogens with one attached hydrogen (secondary N) is 2. The lowest BCUT2D eigenvalue weighted by atomic mass is 9.91. The standard InChI is InChI=1S/C20H28N2O3.ClH/c1-14-4-3-5-15(10-14)11-16(19(24)25-2)13-22-18(23)17-12-20(17)6-8-21-9-7-20;/h3-5,10,16-17,21H,6-9,11-13H2,1-2H3,(H,22,23);1H. The molecule has 0 aromatic heterocycles. The molecule has 2 aliphatic rings. The molecule has 1 aromatic rings. The Bertz CT molecular complexity index is 644. The van der Waals surface area contributed by atoms with E-state index in [1.807, 2.05) is 25.1 Å². The number of carbonyl (C=O) groups excluding carboxylic acids is 2. The summed E-state index contributed by atoms with van der Waals surface area (Å²) >= 11 is 0. The number of aryl methyl sites for hydroxylation is 1. The van der Waals surface area contributed by atoms with Crippen LogP contribution in [0.2, 0.25) is 0 Å². The molecule has 2 N–H and O–H groups in total. The number of hydrogen-bond acceptors (Lipinski definition) is 4. The molecule has 1 amide bonds. The predicted molar refractivity (Wildman–Crippen MR) is 103 cm³/mol. The first-order valence-electron chi connectivity index (χ1n) is 9.16. The molecule has 144 valence electrons. The molecule has 5 nitrogen and oxygen atoms in total. The van der Waals surface area contributed by atoms with Crippen molar-refractivity contribution >= 4 is 24.3 Å². The van der Waals surface area contributed by atoms with Crippen LogP contribution in [0.1, 0.15) is 30.4 Å². The van der Waals surface area contributed by atoms with Crippen LogP contribution >= 0.6 is 12.4 Å². The van der Waals surface area contributed by atoms with Crippen molar-refractivity contribution in [2.75, 3.05) is 26.7 Å². The van der Waals surface area contributed by atoms with E-state index in [1.165, 1.54) is 7.11 Å². The smallest absolute Gasteiger partial charge is 0.310 e. The van der Waals surface area contributed by atoms with Gasteiger partial charge in [-0.1, -0.05) is 29.8 Å². The topological polar surface area (TPSA) is 67.4 Å². The summed E-state index contributed by atoms with van der Waals surface area (Å²) in [6, 6.07) is 8.10. The second kappa shape index (κ2) is 8.87. The van der Waals surface area contributed by atoms with Gasteiger partial charge in [0.25, 0.3) is 0 Å². The van der Waals surface area contributed by atoms with Crippen LogP contribution in [-0.4, -0.2) is 38.6 Å². The zero-order valence-electron chi connectivity index (χ0n) is 15.5. The summed E-state index contributed by atoms with van der Waals surface area (Å²) in [5.74, 6) is -0.403. The Morgan fingerprint density at radius 1 is 1.35 bits per heavy atom. The highest BCUT2D eigenvalue weighted by Crippen LogP contribution is 2.58. The monoisotopic (exact) mass is 380 g/mol. The number of rotatable bonds is 6. The average molecular weight is 381 g/mol.